The van der Waals surface area contributed by atoms with E-state index in [1.54, 1.807) is 0 Å². The number of H-pyrrole nitrogens is 1. The molecular weight excluding hydrogens is 217 g/mol. The van der Waals surface area contributed by atoms with Gasteiger partial charge < -0.3 is 15.0 Å². The molecule has 0 spiro atoms. The van der Waals surface area contributed by atoms with E-state index in [-0.39, 0.29) is 16.9 Å². The van der Waals surface area contributed by atoms with E-state index in [9.17, 15) is 4.79 Å². The van der Waals surface area contributed by atoms with Gasteiger partial charge in [0.15, 0.2) is 5.15 Å². The van der Waals surface area contributed by atoms with Gasteiger partial charge in [-0.05, 0) is 0 Å². The highest BCUT2D eigenvalue weighted by molar-refractivity contribution is 6.40. The van der Waals surface area contributed by atoms with Crippen LogP contribution in [0.5, 0.6) is 0 Å². The van der Waals surface area contributed by atoms with Crippen LogP contribution in [-0.2, 0) is 11.3 Å². The van der Waals surface area contributed by atoms with Crippen molar-refractivity contribution in [1.29, 1.82) is 0 Å². The first-order valence-corrected chi connectivity index (χ1v) is 4.10. The van der Waals surface area contributed by atoms with Crippen LogP contribution in [0.1, 0.15) is 5.82 Å². The van der Waals surface area contributed by atoms with Crippen molar-refractivity contribution in [2.24, 2.45) is 0 Å². The number of carbonyl (C=O) groups is 1. The molecule has 1 heterocycles. The Kier molecular flexibility index (Phi) is 3.39. The van der Waals surface area contributed by atoms with Crippen molar-refractivity contribution in [1.82, 2.24) is 15.3 Å². The van der Waals surface area contributed by atoms with Gasteiger partial charge in [-0.2, -0.15) is 0 Å². The number of rotatable bonds is 2. The molecule has 0 aliphatic heterocycles. The van der Waals surface area contributed by atoms with E-state index in [0.717, 1.165) is 0 Å². The fourth-order valence-corrected chi connectivity index (χ4v) is 0.986. The zero-order chi connectivity index (χ0) is 9.84. The van der Waals surface area contributed by atoms with Crippen LogP contribution < -0.4 is 5.32 Å². The summed E-state index contributed by atoms with van der Waals surface area (Å²) in [5.41, 5.74) is 0. The summed E-state index contributed by atoms with van der Waals surface area (Å²) in [4.78, 5) is 17.1. The van der Waals surface area contributed by atoms with Crippen LogP contribution in [0, 0.1) is 0 Å². The van der Waals surface area contributed by atoms with Gasteiger partial charge in [0.25, 0.3) is 0 Å². The molecule has 5 nitrogen and oxygen atoms in total. The summed E-state index contributed by atoms with van der Waals surface area (Å²) in [5, 5.41) is 2.85. The molecule has 0 aromatic carbocycles. The SMILES string of the molecule is COC(=O)NCc1nc(Cl)c(Cl)[nH]1. The average molecular weight is 224 g/mol. The number of carbonyl (C=O) groups excluding carboxylic acids is 1. The maximum absolute atomic E-state index is 10.6. The first-order valence-electron chi connectivity index (χ1n) is 3.35. The third-order valence-electron chi connectivity index (χ3n) is 1.25. The molecule has 1 aromatic rings. The number of alkyl carbamates (subject to hydrolysis) is 1. The Balaban J connectivity index is 2.50. The smallest absolute Gasteiger partial charge is 0.407 e. The molecule has 0 unspecified atom stereocenters. The predicted molar refractivity (Wildman–Crippen MR) is 47.9 cm³/mol. The summed E-state index contributed by atoms with van der Waals surface area (Å²) in [6.07, 6.45) is -0.538. The Morgan fingerprint density at radius 2 is 2.38 bits per heavy atom. The van der Waals surface area contributed by atoms with E-state index in [0.29, 0.717) is 5.82 Å². The molecule has 0 fully saturated rings. The van der Waals surface area contributed by atoms with E-state index < -0.39 is 6.09 Å². The molecule has 0 bridgehead atoms. The Morgan fingerprint density at radius 1 is 1.69 bits per heavy atom. The van der Waals surface area contributed by atoms with Crippen LogP contribution in [0.3, 0.4) is 0 Å². The van der Waals surface area contributed by atoms with Gasteiger partial charge in [-0.25, -0.2) is 9.78 Å². The summed E-state index contributed by atoms with van der Waals surface area (Å²) in [5.74, 6) is 0.473. The number of methoxy groups -OCH3 is 1. The Hall–Kier alpha value is -0.940. The number of imidazole rings is 1. The van der Waals surface area contributed by atoms with Gasteiger partial charge in [-0.1, -0.05) is 23.2 Å². The summed E-state index contributed by atoms with van der Waals surface area (Å²) in [6, 6.07) is 0. The fraction of sp³-hybridized carbons (Fsp3) is 0.333. The Labute approximate surface area is 84.4 Å². The number of aromatic amines is 1. The number of nitrogens with zero attached hydrogens (tertiary/aromatic N) is 1. The monoisotopic (exact) mass is 223 g/mol. The molecule has 1 aromatic heterocycles. The maximum atomic E-state index is 10.6. The lowest BCUT2D eigenvalue weighted by Gasteiger charge is -1.99. The lowest BCUT2D eigenvalue weighted by atomic mass is 10.6. The topological polar surface area (TPSA) is 67.0 Å². The first-order chi connectivity index (χ1) is 6.13. The molecule has 0 atom stereocenters. The van der Waals surface area contributed by atoms with Crippen molar-refractivity contribution in [3.8, 4) is 0 Å². The van der Waals surface area contributed by atoms with Crippen LogP contribution in [0.2, 0.25) is 10.3 Å². The number of nitrogens with one attached hydrogen (secondary N) is 2. The number of hydrogen-bond acceptors (Lipinski definition) is 3. The number of aromatic nitrogens is 2. The summed E-state index contributed by atoms with van der Waals surface area (Å²) >= 11 is 11.1. The molecule has 0 saturated carbocycles. The largest absolute Gasteiger partial charge is 0.453 e. The summed E-state index contributed by atoms with van der Waals surface area (Å²) in [6.45, 7) is 0.194. The number of amides is 1. The third kappa shape index (κ3) is 2.78. The summed E-state index contributed by atoms with van der Waals surface area (Å²) in [7, 11) is 1.28. The van der Waals surface area contributed by atoms with Crippen molar-refractivity contribution >= 4 is 29.3 Å². The van der Waals surface area contributed by atoms with E-state index >= 15 is 0 Å². The second-order valence-corrected chi connectivity index (χ2v) is 2.87. The van der Waals surface area contributed by atoms with Crippen LogP contribution in [0.4, 0.5) is 4.79 Å². The second kappa shape index (κ2) is 4.34. The minimum absolute atomic E-state index is 0.184. The highest BCUT2D eigenvalue weighted by Crippen LogP contribution is 2.17. The predicted octanol–water partition coefficient (Wildman–Crippen LogP) is 1.57. The molecule has 1 rings (SSSR count). The molecule has 2 N–H and O–H groups in total. The lowest BCUT2D eigenvalue weighted by molar-refractivity contribution is 0.170. The van der Waals surface area contributed by atoms with E-state index in [4.69, 9.17) is 23.2 Å². The molecular formula is C6H7Cl2N3O2. The molecule has 0 radical (unpaired) electrons. The van der Waals surface area contributed by atoms with Gasteiger partial charge in [0.05, 0.1) is 13.7 Å². The second-order valence-electron chi connectivity index (χ2n) is 2.13. The molecule has 0 aliphatic carbocycles. The van der Waals surface area contributed by atoms with Crippen molar-refractivity contribution in [2.75, 3.05) is 7.11 Å². The molecule has 0 saturated heterocycles. The van der Waals surface area contributed by atoms with E-state index in [1.807, 2.05) is 0 Å². The molecule has 0 aliphatic rings. The Morgan fingerprint density at radius 3 is 2.85 bits per heavy atom. The highest BCUT2D eigenvalue weighted by Gasteiger charge is 2.06. The minimum atomic E-state index is -0.538. The highest BCUT2D eigenvalue weighted by atomic mass is 35.5. The molecule has 13 heavy (non-hydrogen) atoms. The maximum Gasteiger partial charge on any atom is 0.407 e. The zero-order valence-corrected chi connectivity index (χ0v) is 8.24. The number of ether oxygens (including phenoxy) is 1. The minimum Gasteiger partial charge on any atom is -0.453 e. The van der Waals surface area contributed by atoms with Crippen LogP contribution >= 0.6 is 23.2 Å². The van der Waals surface area contributed by atoms with E-state index in [1.165, 1.54) is 7.11 Å². The van der Waals surface area contributed by atoms with Crippen LogP contribution in [0.25, 0.3) is 0 Å². The zero-order valence-electron chi connectivity index (χ0n) is 6.73. The van der Waals surface area contributed by atoms with Gasteiger partial charge in [-0.15, -0.1) is 0 Å². The standard InChI is InChI=1S/C6H7Cl2N3O2/c1-13-6(12)9-2-3-10-4(7)5(8)11-3/h2H2,1H3,(H,9,12)(H,10,11). The van der Waals surface area contributed by atoms with Crippen molar-refractivity contribution in [3.63, 3.8) is 0 Å². The first kappa shape index (κ1) is 10.1. The molecule has 7 heteroatoms. The van der Waals surface area contributed by atoms with Crippen molar-refractivity contribution < 1.29 is 9.53 Å². The fourth-order valence-electron chi connectivity index (χ4n) is 0.686. The quantitative estimate of drug-likeness (QED) is 0.801. The lowest BCUT2D eigenvalue weighted by Crippen LogP contribution is -2.22. The molecule has 1 amide bonds. The average Bonchev–Trinajstić information content (AvgIpc) is 2.42. The molecule has 72 valence electrons. The Bertz CT molecular complexity index is 293. The van der Waals surface area contributed by atoms with Crippen molar-refractivity contribution in [3.05, 3.63) is 16.1 Å². The number of halogens is 2. The number of hydrogen-bond donors (Lipinski definition) is 2. The van der Waals surface area contributed by atoms with Crippen molar-refractivity contribution in [2.45, 2.75) is 6.54 Å². The normalized spacial score (nSPS) is 9.77. The van der Waals surface area contributed by atoms with Crippen LogP contribution in [-0.4, -0.2) is 23.2 Å². The van der Waals surface area contributed by atoms with Gasteiger partial charge in [0, 0.05) is 0 Å². The van der Waals surface area contributed by atoms with Gasteiger partial charge >= 0.3 is 6.09 Å². The van der Waals surface area contributed by atoms with Gasteiger partial charge in [0.2, 0.25) is 0 Å². The summed E-state index contributed by atoms with van der Waals surface area (Å²) < 4.78 is 4.35. The van der Waals surface area contributed by atoms with E-state index in [2.05, 4.69) is 20.0 Å². The van der Waals surface area contributed by atoms with Crippen LogP contribution in [0.15, 0.2) is 0 Å². The van der Waals surface area contributed by atoms with Gasteiger partial charge in [0.1, 0.15) is 11.0 Å². The third-order valence-corrected chi connectivity index (χ3v) is 1.90. The van der Waals surface area contributed by atoms with Gasteiger partial charge in [-0.3, -0.25) is 0 Å².